The predicted molar refractivity (Wildman–Crippen MR) is 81.4 cm³/mol. The molecule has 120 valence electrons. The minimum Gasteiger partial charge on any atom is -0.450 e. The normalized spacial score (nSPS) is 30.4. The Morgan fingerprint density at radius 1 is 1.32 bits per heavy atom. The summed E-state index contributed by atoms with van der Waals surface area (Å²) in [5.41, 5.74) is 1.06. The zero-order valence-electron chi connectivity index (χ0n) is 13.1. The van der Waals surface area contributed by atoms with Crippen molar-refractivity contribution in [3.05, 3.63) is 35.9 Å². The predicted octanol–water partition coefficient (Wildman–Crippen LogP) is 3.11. The second-order valence-corrected chi connectivity index (χ2v) is 5.68. The summed E-state index contributed by atoms with van der Waals surface area (Å²) in [6.07, 6.45) is 1.55. The third kappa shape index (κ3) is 2.96. The van der Waals surface area contributed by atoms with Crippen molar-refractivity contribution in [2.75, 3.05) is 13.2 Å². The van der Waals surface area contributed by atoms with Crippen LogP contribution in [-0.4, -0.2) is 42.6 Å². The average molecular weight is 305 g/mol. The van der Waals surface area contributed by atoms with Gasteiger partial charge in [-0.1, -0.05) is 43.7 Å². The van der Waals surface area contributed by atoms with Gasteiger partial charge in [-0.2, -0.15) is 0 Å². The first-order valence-electron chi connectivity index (χ1n) is 8.03. The summed E-state index contributed by atoms with van der Waals surface area (Å²) in [7, 11) is 0. The molecule has 1 amide bonds. The first-order chi connectivity index (χ1) is 10.8. The number of ether oxygens (including phenoxy) is 3. The van der Waals surface area contributed by atoms with Gasteiger partial charge in [0.2, 0.25) is 0 Å². The Bertz CT molecular complexity index is 507. The number of carbonyl (C=O) groups is 1. The molecule has 0 aromatic heterocycles. The molecule has 1 unspecified atom stereocenters. The van der Waals surface area contributed by atoms with E-state index >= 15 is 0 Å². The Morgan fingerprint density at radius 3 is 2.77 bits per heavy atom. The van der Waals surface area contributed by atoms with Gasteiger partial charge in [-0.3, -0.25) is 4.90 Å². The van der Waals surface area contributed by atoms with Gasteiger partial charge >= 0.3 is 6.09 Å². The lowest BCUT2D eigenvalue weighted by Crippen LogP contribution is -2.42. The number of benzene rings is 1. The molecule has 3 rings (SSSR count). The fourth-order valence-electron chi connectivity index (χ4n) is 3.07. The van der Waals surface area contributed by atoms with E-state index in [1.807, 2.05) is 37.3 Å². The first-order valence-corrected chi connectivity index (χ1v) is 8.03. The number of amides is 1. The molecular weight excluding hydrogens is 282 g/mol. The van der Waals surface area contributed by atoms with E-state index in [1.54, 1.807) is 4.90 Å². The zero-order chi connectivity index (χ0) is 15.5. The summed E-state index contributed by atoms with van der Waals surface area (Å²) in [4.78, 5) is 14.1. The topological polar surface area (TPSA) is 51.3 Å². The van der Waals surface area contributed by atoms with Gasteiger partial charge in [0.1, 0.15) is 6.10 Å². The fourth-order valence-corrected chi connectivity index (χ4v) is 3.07. The molecule has 4 atom stereocenters. The van der Waals surface area contributed by atoms with Crippen LogP contribution in [0.25, 0.3) is 0 Å². The van der Waals surface area contributed by atoms with Crippen molar-refractivity contribution in [1.82, 2.24) is 4.90 Å². The van der Waals surface area contributed by atoms with E-state index in [-0.39, 0.29) is 30.6 Å². The molecule has 0 saturated carbocycles. The van der Waals surface area contributed by atoms with Crippen LogP contribution in [0.1, 0.15) is 38.3 Å². The first kappa shape index (κ1) is 15.3. The van der Waals surface area contributed by atoms with Gasteiger partial charge in [0.15, 0.2) is 6.23 Å². The van der Waals surface area contributed by atoms with Gasteiger partial charge in [0, 0.05) is 0 Å². The van der Waals surface area contributed by atoms with Crippen molar-refractivity contribution >= 4 is 6.09 Å². The number of rotatable bonds is 5. The summed E-state index contributed by atoms with van der Waals surface area (Å²) in [6.45, 7) is 4.78. The molecular formula is C17H23NO4. The van der Waals surface area contributed by atoms with Crippen LogP contribution in [-0.2, 0) is 14.2 Å². The maximum absolute atomic E-state index is 12.4. The molecule has 0 N–H and O–H groups in total. The summed E-state index contributed by atoms with van der Waals surface area (Å²) in [6, 6.07) is 9.82. The molecule has 2 aliphatic heterocycles. The van der Waals surface area contributed by atoms with Gasteiger partial charge in [0.25, 0.3) is 0 Å². The van der Waals surface area contributed by atoms with Crippen LogP contribution in [0.4, 0.5) is 4.79 Å². The molecule has 2 fully saturated rings. The molecule has 0 aliphatic carbocycles. The molecule has 1 aromatic carbocycles. The minimum absolute atomic E-state index is 0.0296. The number of hydrogen-bond acceptors (Lipinski definition) is 4. The monoisotopic (exact) mass is 305 g/mol. The van der Waals surface area contributed by atoms with Gasteiger partial charge in [-0.15, -0.1) is 0 Å². The standard InChI is InChI=1S/C17H23NO4/c1-3-8-14-15(22-14)16-18(17(19)20-4-2)13(11-21-16)12-9-6-5-7-10-12/h5-7,9-10,13-16H,3-4,8,11H2,1-2H3/t13-,14+,15+,16?/m0/s1. The zero-order valence-corrected chi connectivity index (χ0v) is 13.1. The van der Waals surface area contributed by atoms with Crippen LogP contribution in [0.3, 0.4) is 0 Å². The van der Waals surface area contributed by atoms with Gasteiger partial charge < -0.3 is 14.2 Å². The third-order valence-electron chi connectivity index (χ3n) is 4.17. The van der Waals surface area contributed by atoms with Crippen molar-refractivity contribution < 1.29 is 19.0 Å². The van der Waals surface area contributed by atoms with E-state index in [0.29, 0.717) is 13.2 Å². The molecule has 2 saturated heterocycles. The van der Waals surface area contributed by atoms with Crippen LogP contribution in [0, 0.1) is 0 Å². The summed E-state index contributed by atoms with van der Waals surface area (Å²) < 4.78 is 16.8. The maximum Gasteiger partial charge on any atom is 0.412 e. The summed E-state index contributed by atoms with van der Waals surface area (Å²) in [5, 5.41) is 0. The highest BCUT2D eigenvalue weighted by Gasteiger charge is 2.53. The molecule has 0 spiro atoms. The number of nitrogens with zero attached hydrogens (tertiary/aromatic N) is 1. The lowest BCUT2D eigenvalue weighted by atomic mass is 10.1. The van der Waals surface area contributed by atoms with Crippen molar-refractivity contribution in [2.45, 2.75) is 51.2 Å². The van der Waals surface area contributed by atoms with Crippen LogP contribution < -0.4 is 0 Å². The molecule has 2 aliphatic rings. The van der Waals surface area contributed by atoms with E-state index in [9.17, 15) is 4.79 Å². The van der Waals surface area contributed by atoms with Crippen molar-refractivity contribution in [3.8, 4) is 0 Å². The van der Waals surface area contributed by atoms with Crippen molar-refractivity contribution in [2.24, 2.45) is 0 Å². The van der Waals surface area contributed by atoms with E-state index in [0.717, 1.165) is 18.4 Å². The summed E-state index contributed by atoms with van der Waals surface area (Å²) in [5.74, 6) is 0. The smallest absolute Gasteiger partial charge is 0.412 e. The van der Waals surface area contributed by atoms with E-state index in [1.165, 1.54) is 0 Å². The van der Waals surface area contributed by atoms with E-state index in [4.69, 9.17) is 14.2 Å². The van der Waals surface area contributed by atoms with Crippen LogP contribution in [0.15, 0.2) is 30.3 Å². The van der Waals surface area contributed by atoms with Gasteiger partial charge in [0.05, 0.1) is 25.4 Å². The van der Waals surface area contributed by atoms with Crippen LogP contribution >= 0.6 is 0 Å². The Hall–Kier alpha value is -1.59. The molecule has 5 heteroatoms. The van der Waals surface area contributed by atoms with E-state index < -0.39 is 0 Å². The van der Waals surface area contributed by atoms with Crippen LogP contribution in [0.5, 0.6) is 0 Å². The van der Waals surface area contributed by atoms with E-state index in [2.05, 4.69) is 6.92 Å². The molecule has 0 radical (unpaired) electrons. The highest BCUT2D eigenvalue weighted by Crippen LogP contribution is 2.40. The quantitative estimate of drug-likeness (QED) is 0.784. The maximum atomic E-state index is 12.4. The average Bonchev–Trinajstić information content (AvgIpc) is 3.15. The fraction of sp³-hybridized carbons (Fsp3) is 0.588. The van der Waals surface area contributed by atoms with Gasteiger partial charge in [-0.05, 0) is 18.9 Å². The molecule has 0 bridgehead atoms. The van der Waals surface area contributed by atoms with Crippen LogP contribution in [0.2, 0.25) is 0 Å². The Morgan fingerprint density at radius 2 is 2.09 bits per heavy atom. The molecule has 5 nitrogen and oxygen atoms in total. The van der Waals surface area contributed by atoms with Crippen molar-refractivity contribution in [1.29, 1.82) is 0 Å². The van der Waals surface area contributed by atoms with Crippen molar-refractivity contribution in [3.63, 3.8) is 0 Å². The second-order valence-electron chi connectivity index (χ2n) is 5.68. The third-order valence-corrected chi connectivity index (χ3v) is 4.17. The lowest BCUT2D eigenvalue weighted by molar-refractivity contribution is 0.00522. The number of epoxide rings is 1. The molecule has 2 heterocycles. The molecule has 22 heavy (non-hydrogen) atoms. The SMILES string of the molecule is CCC[C@H]1O[C@H]1C1OC[C@@H](c2ccccc2)N1C(=O)OCC. The summed E-state index contributed by atoms with van der Waals surface area (Å²) >= 11 is 0. The highest BCUT2D eigenvalue weighted by molar-refractivity contribution is 5.69. The number of carbonyl (C=O) groups excluding carboxylic acids is 1. The Labute approximate surface area is 131 Å². The highest BCUT2D eigenvalue weighted by atomic mass is 16.6. The second kappa shape index (κ2) is 6.67. The minimum atomic E-state index is -0.346. The number of hydrogen-bond donors (Lipinski definition) is 0. The van der Waals surface area contributed by atoms with Gasteiger partial charge in [-0.25, -0.2) is 4.79 Å². The Kier molecular flexibility index (Phi) is 4.64. The Balaban J connectivity index is 1.78. The lowest BCUT2D eigenvalue weighted by Gasteiger charge is -2.26. The largest absolute Gasteiger partial charge is 0.450 e. The molecule has 1 aromatic rings.